The number of rotatable bonds is 8. The predicted octanol–water partition coefficient (Wildman–Crippen LogP) is 1.35. The summed E-state index contributed by atoms with van der Waals surface area (Å²) in [5.74, 6) is 1.74. The fourth-order valence-electron chi connectivity index (χ4n) is 5.45. The first-order chi connectivity index (χ1) is 15.3. The van der Waals surface area contributed by atoms with Gasteiger partial charge in [-0.2, -0.15) is 0 Å². The Hall–Kier alpha value is -0.710. The predicted molar refractivity (Wildman–Crippen MR) is 126 cm³/mol. The van der Waals surface area contributed by atoms with Crippen molar-refractivity contribution in [3.8, 4) is 0 Å². The van der Waals surface area contributed by atoms with Gasteiger partial charge >= 0.3 is 0 Å². The Kier molecular flexibility index (Phi) is 7.80. The topological polar surface area (TPSA) is 63.8 Å². The van der Waals surface area contributed by atoms with Crippen LogP contribution in [0.5, 0.6) is 0 Å². The van der Waals surface area contributed by atoms with E-state index in [2.05, 4.69) is 61.6 Å². The number of ether oxygens (including phenoxy) is 1. The number of fused-ring (bicyclic) bond motifs is 2. The number of benzene rings is 1. The van der Waals surface area contributed by atoms with Gasteiger partial charge in [0.25, 0.3) is 0 Å². The Balaban J connectivity index is 1.07. The summed E-state index contributed by atoms with van der Waals surface area (Å²) in [6, 6.07) is 11.9. The molecule has 4 N–H and O–H groups in total. The van der Waals surface area contributed by atoms with Gasteiger partial charge in [0, 0.05) is 37.5 Å². The van der Waals surface area contributed by atoms with Crippen LogP contribution in [0.4, 0.5) is 0 Å². The van der Waals surface area contributed by atoms with Crippen LogP contribution in [0, 0.1) is 5.92 Å². The van der Waals surface area contributed by atoms with Crippen molar-refractivity contribution in [3.63, 3.8) is 0 Å². The molecule has 0 amide bonds. The molecule has 5 atom stereocenters. The van der Waals surface area contributed by atoms with Crippen LogP contribution in [0.2, 0.25) is 0 Å². The molecular formula is C23H38N6OS. The molecule has 0 spiro atoms. The highest BCUT2D eigenvalue weighted by molar-refractivity contribution is 7.99. The lowest BCUT2D eigenvalue weighted by Gasteiger charge is -2.47. The molecule has 4 aliphatic rings. The molecule has 1 aliphatic carbocycles. The molecule has 1 aromatic carbocycles. The zero-order chi connectivity index (χ0) is 20.9. The summed E-state index contributed by atoms with van der Waals surface area (Å²) < 4.78 is 5.46. The van der Waals surface area contributed by atoms with Crippen LogP contribution in [-0.2, 0) is 10.5 Å². The van der Waals surface area contributed by atoms with E-state index >= 15 is 0 Å². The highest BCUT2D eigenvalue weighted by atomic mass is 32.2. The highest BCUT2D eigenvalue weighted by Gasteiger charge is 2.44. The number of hydrogen-bond donors (Lipinski definition) is 4. The lowest BCUT2D eigenvalue weighted by Crippen LogP contribution is -2.68. The van der Waals surface area contributed by atoms with Crippen molar-refractivity contribution < 1.29 is 4.74 Å². The molecule has 7 nitrogen and oxygen atoms in total. The molecule has 0 aromatic heterocycles. The number of hydrogen-bond acceptors (Lipinski definition) is 8. The van der Waals surface area contributed by atoms with Crippen LogP contribution in [0.3, 0.4) is 0 Å². The zero-order valence-electron chi connectivity index (χ0n) is 18.5. The maximum absolute atomic E-state index is 5.46. The maximum Gasteiger partial charge on any atom is 0.129 e. The normalized spacial score (nSPS) is 34.4. The van der Waals surface area contributed by atoms with Crippen LogP contribution in [-0.4, -0.2) is 79.7 Å². The molecule has 3 saturated heterocycles. The summed E-state index contributed by atoms with van der Waals surface area (Å²) >= 11 is 1.93. The van der Waals surface area contributed by atoms with E-state index in [1.54, 1.807) is 0 Å². The Morgan fingerprint density at radius 2 is 1.97 bits per heavy atom. The van der Waals surface area contributed by atoms with Crippen LogP contribution < -0.4 is 21.4 Å². The minimum Gasteiger partial charge on any atom is -0.379 e. The molecular weight excluding hydrogens is 408 g/mol. The third-order valence-electron chi connectivity index (χ3n) is 7.14. The van der Waals surface area contributed by atoms with Crippen LogP contribution in [0.25, 0.3) is 0 Å². The lowest BCUT2D eigenvalue weighted by atomic mass is 9.79. The van der Waals surface area contributed by atoms with Gasteiger partial charge < -0.3 is 10.1 Å². The van der Waals surface area contributed by atoms with Gasteiger partial charge in [0.15, 0.2) is 0 Å². The third kappa shape index (κ3) is 5.81. The summed E-state index contributed by atoms with van der Waals surface area (Å²) in [5.41, 5.74) is 5.33. The van der Waals surface area contributed by atoms with Crippen LogP contribution in [0.1, 0.15) is 31.2 Å². The fraction of sp³-hybridized carbons (Fsp3) is 0.739. The van der Waals surface area contributed by atoms with Gasteiger partial charge in [0.2, 0.25) is 0 Å². The molecule has 0 radical (unpaired) electrons. The van der Waals surface area contributed by atoms with Crippen molar-refractivity contribution in [2.24, 2.45) is 5.92 Å². The van der Waals surface area contributed by atoms with Crippen LogP contribution in [0.15, 0.2) is 30.3 Å². The second-order valence-corrected chi connectivity index (χ2v) is 10.4. The van der Waals surface area contributed by atoms with Gasteiger partial charge in [-0.1, -0.05) is 36.8 Å². The molecule has 172 valence electrons. The molecule has 3 heterocycles. The molecule has 1 aromatic rings. The van der Waals surface area contributed by atoms with Gasteiger partial charge in [0.05, 0.1) is 13.2 Å². The van der Waals surface area contributed by atoms with E-state index in [-0.39, 0.29) is 11.8 Å². The largest absolute Gasteiger partial charge is 0.379 e. The number of thioether (sulfide) groups is 1. The minimum absolute atomic E-state index is 0.227. The van der Waals surface area contributed by atoms with Crippen molar-refractivity contribution in [2.45, 2.75) is 55.3 Å². The first-order valence-electron chi connectivity index (χ1n) is 12.1. The summed E-state index contributed by atoms with van der Waals surface area (Å²) in [5, 5.41) is 14.0. The SMILES string of the molecule is c1ccc(CSC2NC3NC4C(CCCC4NCCCN4CCOCC4)CN3N2)cc1. The monoisotopic (exact) mass is 446 g/mol. The molecule has 5 rings (SSSR count). The Morgan fingerprint density at radius 1 is 1.10 bits per heavy atom. The Labute approximate surface area is 191 Å². The molecule has 8 heteroatoms. The van der Waals surface area contributed by atoms with Gasteiger partial charge in [-0.3, -0.25) is 15.5 Å². The number of nitrogens with one attached hydrogen (secondary N) is 4. The minimum atomic E-state index is 0.227. The molecule has 4 fully saturated rings. The summed E-state index contributed by atoms with van der Waals surface area (Å²) in [6.07, 6.45) is 5.41. The second-order valence-electron chi connectivity index (χ2n) is 9.28. The van der Waals surface area contributed by atoms with E-state index in [9.17, 15) is 0 Å². The van der Waals surface area contributed by atoms with Gasteiger partial charge in [0.1, 0.15) is 11.8 Å². The molecule has 31 heavy (non-hydrogen) atoms. The first-order valence-corrected chi connectivity index (χ1v) is 13.1. The zero-order valence-corrected chi connectivity index (χ0v) is 19.3. The van der Waals surface area contributed by atoms with Crippen LogP contribution >= 0.6 is 11.8 Å². The molecule has 1 saturated carbocycles. The number of morpholine rings is 1. The average Bonchev–Trinajstić information content (AvgIpc) is 3.22. The average molecular weight is 447 g/mol. The quantitative estimate of drug-likeness (QED) is 0.447. The van der Waals surface area contributed by atoms with Crippen molar-refractivity contribution >= 4 is 11.8 Å². The van der Waals surface area contributed by atoms with E-state index < -0.39 is 0 Å². The summed E-state index contributed by atoms with van der Waals surface area (Å²) in [6.45, 7) is 7.41. The Bertz CT molecular complexity index is 675. The Morgan fingerprint density at radius 3 is 2.84 bits per heavy atom. The van der Waals surface area contributed by atoms with Gasteiger partial charge in [-0.25, -0.2) is 10.4 Å². The molecule has 3 aliphatic heterocycles. The molecule has 0 bridgehead atoms. The van der Waals surface area contributed by atoms with Gasteiger partial charge in [-0.15, -0.1) is 11.8 Å². The third-order valence-corrected chi connectivity index (χ3v) is 8.21. The number of hydrazine groups is 1. The van der Waals surface area contributed by atoms with Crippen molar-refractivity contribution in [3.05, 3.63) is 35.9 Å². The lowest BCUT2D eigenvalue weighted by molar-refractivity contribution is 0.0193. The van der Waals surface area contributed by atoms with Crippen molar-refractivity contribution in [1.82, 2.24) is 31.3 Å². The molecule has 5 unspecified atom stereocenters. The maximum atomic E-state index is 5.46. The highest BCUT2D eigenvalue weighted by Crippen LogP contribution is 2.31. The standard InChI is InChI=1S/C23H38N6OS/c1-2-6-18(7-3-1)17-31-23-26-22-25-21-19(16-29(22)27-23)8-4-9-20(21)24-10-5-11-28-12-14-30-15-13-28/h1-3,6-7,19-27H,4-5,8-17H2. The fourth-order valence-corrected chi connectivity index (χ4v) is 6.44. The van der Waals surface area contributed by atoms with Crippen molar-refractivity contribution in [1.29, 1.82) is 0 Å². The van der Waals surface area contributed by atoms with E-state index in [0.717, 1.165) is 45.1 Å². The summed E-state index contributed by atoms with van der Waals surface area (Å²) in [7, 11) is 0. The van der Waals surface area contributed by atoms with Crippen molar-refractivity contribution in [2.75, 3.05) is 45.9 Å². The summed E-state index contributed by atoms with van der Waals surface area (Å²) in [4.78, 5) is 2.53. The van der Waals surface area contributed by atoms with E-state index in [1.807, 2.05) is 11.8 Å². The van der Waals surface area contributed by atoms with E-state index in [1.165, 1.54) is 37.8 Å². The van der Waals surface area contributed by atoms with Gasteiger partial charge in [-0.05, 0) is 43.8 Å². The van der Waals surface area contributed by atoms with E-state index in [4.69, 9.17) is 4.74 Å². The smallest absolute Gasteiger partial charge is 0.129 e. The van der Waals surface area contributed by atoms with E-state index in [0.29, 0.717) is 18.0 Å². The number of nitrogens with zero attached hydrogens (tertiary/aromatic N) is 2. The second kappa shape index (κ2) is 10.9. The first kappa shape index (κ1) is 22.1.